The lowest BCUT2D eigenvalue weighted by Crippen LogP contribution is -2.05. The van der Waals surface area contributed by atoms with E-state index < -0.39 is 0 Å². The van der Waals surface area contributed by atoms with Crippen molar-refractivity contribution in [3.63, 3.8) is 0 Å². The molecule has 0 saturated heterocycles. The number of aliphatic imine (C=N–C) groups is 1. The number of rotatable bonds is 2. The van der Waals surface area contributed by atoms with Gasteiger partial charge in [-0.05, 0) is 6.92 Å². The van der Waals surface area contributed by atoms with Gasteiger partial charge >= 0.3 is 0 Å². The van der Waals surface area contributed by atoms with Crippen molar-refractivity contribution in [1.29, 1.82) is 0 Å². The van der Waals surface area contributed by atoms with Crippen LogP contribution in [0.25, 0.3) is 0 Å². The second kappa shape index (κ2) is 4.32. The minimum absolute atomic E-state index is 0.00585. The van der Waals surface area contributed by atoms with Gasteiger partial charge in [-0.15, -0.1) is 11.3 Å². The first-order chi connectivity index (χ1) is 7.15. The molecule has 80 valence electrons. The van der Waals surface area contributed by atoms with E-state index in [1.165, 1.54) is 18.3 Å². The van der Waals surface area contributed by atoms with Crippen molar-refractivity contribution >= 4 is 39.2 Å². The van der Waals surface area contributed by atoms with Crippen LogP contribution in [0.1, 0.15) is 24.3 Å². The lowest BCUT2D eigenvalue weighted by molar-refractivity contribution is 0.101. The van der Waals surface area contributed by atoms with Crippen molar-refractivity contribution in [1.82, 2.24) is 4.98 Å². The molecule has 2 rings (SSSR count). The number of thiazole rings is 1. The van der Waals surface area contributed by atoms with Crippen molar-refractivity contribution < 1.29 is 4.79 Å². The highest BCUT2D eigenvalue weighted by Crippen LogP contribution is 2.22. The van der Waals surface area contributed by atoms with Gasteiger partial charge in [0.25, 0.3) is 0 Å². The maximum atomic E-state index is 11.0. The van der Waals surface area contributed by atoms with Crippen molar-refractivity contribution in [2.24, 2.45) is 4.99 Å². The van der Waals surface area contributed by atoms with Gasteiger partial charge in [-0.1, -0.05) is 11.8 Å². The van der Waals surface area contributed by atoms with E-state index in [1.807, 2.05) is 0 Å². The zero-order chi connectivity index (χ0) is 10.8. The second-order valence-electron chi connectivity index (χ2n) is 3.31. The fourth-order valence-corrected chi connectivity index (χ4v) is 2.84. The fraction of sp³-hybridized carbons (Fsp3) is 0.444. The molecule has 0 saturated carbocycles. The van der Waals surface area contributed by atoms with E-state index in [0.717, 1.165) is 16.1 Å². The van der Waals surface area contributed by atoms with Crippen LogP contribution < -0.4 is 5.32 Å². The maximum absolute atomic E-state index is 11.0. The van der Waals surface area contributed by atoms with Crippen LogP contribution in [0, 0.1) is 0 Å². The van der Waals surface area contributed by atoms with Crippen LogP contribution in [0.3, 0.4) is 0 Å². The average molecular weight is 241 g/mol. The Morgan fingerprint density at radius 3 is 3.00 bits per heavy atom. The number of ketones is 1. The summed E-state index contributed by atoms with van der Waals surface area (Å²) in [6, 6.07) is 0.365. The number of thioether (sulfide) groups is 1. The van der Waals surface area contributed by atoms with Gasteiger partial charge in [0.15, 0.2) is 16.1 Å². The molecule has 0 bridgehead atoms. The molecule has 1 aromatic heterocycles. The number of carbonyl (C=O) groups is 1. The molecule has 6 heteroatoms. The van der Waals surface area contributed by atoms with Gasteiger partial charge in [-0.3, -0.25) is 9.79 Å². The molecule has 0 amide bonds. The van der Waals surface area contributed by atoms with Crippen molar-refractivity contribution in [2.45, 2.75) is 19.9 Å². The van der Waals surface area contributed by atoms with Gasteiger partial charge in [0.2, 0.25) is 0 Å². The molecule has 1 aliphatic rings. The van der Waals surface area contributed by atoms with E-state index in [2.05, 4.69) is 22.2 Å². The van der Waals surface area contributed by atoms with E-state index in [1.54, 1.807) is 17.1 Å². The summed E-state index contributed by atoms with van der Waals surface area (Å²) in [7, 11) is 0. The molecule has 4 nitrogen and oxygen atoms in total. The summed E-state index contributed by atoms with van der Waals surface area (Å²) in [6.45, 7) is 3.59. The van der Waals surface area contributed by atoms with Crippen LogP contribution in [-0.2, 0) is 0 Å². The molecule has 0 spiro atoms. The first-order valence-corrected chi connectivity index (χ1v) is 6.46. The summed E-state index contributed by atoms with van der Waals surface area (Å²) in [5.74, 6) is 1.00. The number of nitrogens with zero attached hydrogens (tertiary/aromatic N) is 2. The molecular formula is C9H11N3OS2. The van der Waals surface area contributed by atoms with Gasteiger partial charge in [-0.2, -0.15) is 0 Å². The smallest absolute Gasteiger partial charge is 0.189 e. The van der Waals surface area contributed by atoms with Gasteiger partial charge in [0.05, 0.1) is 6.04 Å². The third-order valence-electron chi connectivity index (χ3n) is 1.88. The summed E-state index contributed by atoms with van der Waals surface area (Å²) in [4.78, 5) is 19.6. The first kappa shape index (κ1) is 10.6. The summed E-state index contributed by atoms with van der Waals surface area (Å²) in [6.07, 6.45) is 0. The Bertz CT molecular complexity index is 413. The Kier molecular flexibility index (Phi) is 3.06. The third-order valence-corrected chi connectivity index (χ3v) is 3.77. The minimum Gasteiger partial charge on any atom is -0.311 e. The number of anilines is 1. The highest BCUT2D eigenvalue weighted by Gasteiger charge is 2.15. The summed E-state index contributed by atoms with van der Waals surface area (Å²) in [5, 5.41) is 6.50. The topological polar surface area (TPSA) is 54.4 Å². The second-order valence-corrected chi connectivity index (χ2v) is 5.18. The Hall–Kier alpha value is -0.880. The minimum atomic E-state index is -0.00585. The maximum Gasteiger partial charge on any atom is 0.189 e. The predicted molar refractivity (Wildman–Crippen MR) is 65.1 cm³/mol. The number of amidine groups is 1. The number of Topliss-reactive ketones (excluding diaryl/α,β-unsaturated/α-hetero) is 1. The Labute approximate surface area is 96.2 Å². The molecule has 1 unspecified atom stereocenters. The van der Waals surface area contributed by atoms with Crippen LogP contribution in [0.15, 0.2) is 10.4 Å². The predicted octanol–water partition coefficient (Wildman–Crippen LogP) is 2.25. The molecule has 1 aromatic rings. The van der Waals surface area contributed by atoms with Gasteiger partial charge in [0, 0.05) is 18.1 Å². The lowest BCUT2D eigenvalue weighted by atomic mass is 10.4. The summed E-state index contributed by atoms with van der Waals surface area (Å²) < 4.78 is 0. The molecule has 15 heavy (non-hydrogen) atoms. The highest BCUT2D eigenvalue weighted by molar-refractivity contribution is 8.14. The van der Waals surface area contributed by atoms with Crippen LogP contribution >= 0.6 is 23.1 Å². The van der Waals surface area contributed by atoms with E-state index in [-0.39, 0.29) is 5.78 Å². The standard InChI is InChI=1S/C9H11N3OS2/c1-5-3-14-8(10-5)12-9-11-7(4-15-9)6(2)13/h4-5H,3H2,1-2H3,(H,10,11,12). The average Bonchev–Trinajstić information content (AvgIpc) is 2.76. The number of hydrogen-bond acceptors (Lipinski definition) is 6. The zero-order valence-electron chi connectivity index (χ0n) is 8.48. The monoisotopic (exact) mass is 241 g/mol. The number of carbonyl (C=O) groups excluding carboxylic acids is 1. The molecule has 1 aliphatic heterocycles. The van der Waals surface area contributed by atoms with Crippen LogP contribution in [0.4, 0.5) is 5.13 Å². The fourth-order valence-electron chi connectivity index (χ4n) is 1.13. The third kappa shape index (κ3) is 2.57. The molecule has 0 aliphatic carbocycles. The molecule has 1 atom stereocenters. The lowest BCUT2D eigenvalue weighted by Gasteiger charge is -1.98. The molecule has 2 heterocycles. The van der Waals surface area contributed by atoms with Crippen molar-refractivity contribution in [3.8, 4) is 0 Å². The van der Waals surface area contributed by atoms with Crippen molar-refractivity contribution in [3.05, 3.63) is 11.1 Å². The largest absolute Gasteiger partial charge is 0.311 e. The molecule has 0 aromatic carbocycles. The number of hydrogen-bond donors (Lipinski definition) is 1. The zero-order valence-corrected chi connectivity index (χ0v) is 10.1. The number of nitrogens with one attached hydrogen (secondary N) is 1. The van der Waals surface area contributed by atoms with E-state index >= 15 is 0 Å². The van der Waals surface area contributed by atoms with Crippen molar-refractivity contribution in [2.75, 3.05) is 11.1 Å². The first-order valence-electron chi connectivity index (χ1n) is 4.59. The Morgan fingerprint density at radius 2 is 2.47 bits per heavy atom. The molecular weight excluding hydrogens is 230 g/mol. The SMILES string of the molecule is CC(=O)c1csc(NC2=NC(C)CS2)n1. The number of aromatic nitrogens is 1. The van der Waals surface area contributed by atoms with Crippen LogP contribution in [0.2, 0.25) is 0 Å². The van der Waals surface area contributed by atoms with Gasteiger partial charge in [-0.25, -0.2) is 4.98 Å². The summed E-state index contributed by atoms with van der Waals surface area (Å²) in [5.41, 5.74) is 0.513. The molecule has 1 N–H and O–H groups in total. The van der Waals surface area contributed by atoms with Gasteiger partial charge < -0.3 is 5.32 Å². The van der Waals surface area contributed by atoms with Crippen LogP contribution in [0.5, 0.6) is 0 Å². The molecule has 0 fully saturated rings. The summed E-state index contributed by atoms with van der Waals surface area (Å²) >= 11 is 3.11. The Morgan fingerprint density at radius 1 is 1.67 bits per heavy atom. The highest BCUT2D eigenvalue weighted by atomic mass is 32.2. The van der Waals surface area contributed by atoms with E-state index in [9.17, 15) is 4.79 Å². The normalized spacial score (nSPS) is 20.1. The van der Waals surface area contributed by atoms with E-state index in [0.29, 0.717) is 11.7 Å². The van der Waals surface area contributed by atoms with Crippen LogP contribution in [-0.4, -0.2) is 27.7 Å². The van der Waals surface area contributed by atoms with Gasteiger partial charge in [0.1, 0.15) is 5.69 Å². The van der Waals surface area contributed by atoms with E-state index in [4.69, 9.17) is 0 Å². The Balaban J connectivity index is 2.05. The molecule has 0 radical (unpaired) electrons. The quantitative estimate of drug-likeness (QED) is 0.807.